The lowest BCUT2D eigenvalue weighted by Crippen LogP contribution is -2.55. The van der Waals surface area contributed by atoms with E-state index in [9.17, 15) is 8.42 Å². The number of likely N-dealkylation sites (tertiary alicyclic amines) is 3. The van der Waals surface area contributed by atoms with Crippen LogP contribution >= 0.6 is 0 Å². The van der Waals surface area contributed by atoms with E-state index in [0.29, 0.717) is 16.9 Å². The first-order valence-corrected chi connectivity index (χ1v) is 35.3. The van der Waals surface area contributed by atoms with Crippen molar-refractivity contribution in [2.24, 2.45) is 40.9 Å². The second kappa shape index (κ2) is 91.9. The van der Waals surface area contributed by atoms with Crippen molar-refractivity contribution in [1.82, 2.24) is 25.0 Å². The molecule has 5 aliphatic heterocycles. The Balaban J connectivity index is -0.0000000632. The van der Waals surface area contributed by atoms with E-state index in [1.54, 1.807) is 24.5 Å². The van der Waals surface area contributed by atoms with Gasteiger partial charge in [-0.3, -0.25) is 4.90 Å². The highest BCUT2D eigenvalue weighted by atomic mass is 32.2. The SMILES string of the molecule is C1CCOCC1.CC.CC.CC.CC.CC.CC.CC(C)C.CC(C)C.CC(C)C.CC(C)C.CC(C)C.CC(C)C.CC(C)N1CC(C)(C)C1.CN1CCCC1.CN1CCCCC1.O=S1(=O)CCCC1.c1cnoc1.c1cnoc1. The Bertz CT molecular complexity index is 1100. The van der Waals surface area contributed by atoms with Crippen LogP contribution < -0.4 is 0 Å². The molecular formula is C70H161N5O5S. The first-order valence-electron chi connectivity index (χ1n) is 33.5. The fourth-order valence-electron chi connectivity index (χ4n) is 5.13. The molecule has 0 radical (unpaired) electrons. The quantitative estimate of drug-likeness (QED) is 0.274. The summed E-state index contributed by atoms with van der Waals surface area (Å²) in [5.74, 6) is 5.85. The van der Waals surface area contributed by atoms with Crippen molar-refractivity contribution >= 4 is 9.84 Å². The van der Waals surface area contributed by atoms with E-state index < -0.39 is 9.84 Å². The highest BCUT2D eigenvalue weighted by Crippen LogP contribution is 2.29. The molecular weight excluding hydrogens is 1020 g/mol. The lowest BCUT2D eigenvalue weighted by molar-refractivity contribution is 0.00572. The molecule has 11 heteroatoms. The van der Waals surface area contributed by atoms with Crippen LogP contribution in [0.3, 0.4) is 0 Å². The van der Waals surface area contributed by atoms with E-state index in [2.05, 4.69) is 200 Å². The Kier molecular flexibility index (Phi) is 122. The third-order valence-corrected chi connectivity index (χ3v) is 9.66. The van der Waals surface area contributed by atoms with Crippen LogP contribution in [0, 0.1) is 40.9 Å². The Morgan fingerprint density at radius 3 is 0.704 bits per heavy atom. The van der Waals surface area contributed by atoms with Crippen LogP contribution in [0.2, 0.25) is 0 Å². The Labute approximate surface area is 516 Å². The second-order valence-corrected chi connectivity index (χ2v) is 26.1. The molecule has 7 heterocycles. The fourth-order valence-corrected chi connectivity index (χ4v) is 6.62. The highest BCUT2D eigenvalue weighted by Gasteiger charge is 2.34. The number of ether oxygens (including phenoxy) is 1. The molecule has 0 aromatic carbocycles. The number of hydrogen-bond acceptors (Lipinski definition) is 10. The summed E-state index contributed by atoms with van der Waals surface area (Å²) in [5, 5.41) is 6.69. The monoisotopic (exact) mass is 1180 g/mol. The highest BCUT2D eigenvalue weighted by molar-refractivity contribution is 7.91. The molecule has 2 aromatic rings. The first kappa shape index (κ1) is 107. The molecule has 0 saturated carbocycles. The van der Waals surface area contributed by atoms with E-state index in [-0.39, 0.29) is 0 Å². The van der Waals surface area contributed by atoms with E-state index in [1.165, 1.54) is 103 Å². The molecule has 10 nitrogen and oxygen atoms in total. The topological polar surface area (TPSA) is 105 Å². The predicted molar refractivity (Wildman–Crippen MR) is 375 cm³/mol. The summed E-state index contributed by atoms with van der Waals surface area (Å²) in [6, 6.07) is 4.19. The molecule has 0 unspecified atom stereocenters. The van der Waals surface area contributed by atoms with Crippen LogP contribution in [0.15, 0.2) is 46.1 Å². The van der Waals surface area contributed by atoms with Crippen molar-refractivity contribution in [2.45, 2.75) is 306 Å². The zero-order chi connectivity index (χ0) is 66.7. The molecule has 5 fully saturated rings. The van der Waals surface area contributed by atoms with Crippen molar-refractivity contribution in [3.8, 4) is 0 Å². The van der Waals surface area contributed by atoms with E-state index in [1.807, 2.05) is 83.1 Å². The molecule has 81 heavy (non-hydrogen) atoms. The molecule has 502 valence electrons. The van der Waals surface area contributed by atoms with Gasteiger partial charge in [-0.15, -0.1) is 0 Å². The summed E-state index contributed by atoms with van der Waals surface area (Å²) in [6.45, 7) is 82.0. The van der Waals surface area contributed by atoms with Gasteiger partial charge in [0.1, 0.15) is 22.4 Å². The van der Waals surface area contributed by atoms with Gasteiger partial charge in [0.05, 0.1) is 23.9 Å². The largest absolute Gasteiger partial charge is 0.381 e. The van der Waals surface area contributed by atoms with E-state index in [0.717, 1.165) is 67.6 Å². The molecule has 0 spiro atoms. The average molecular weight is 1190 g/mol. The van der Waals surface area contributed by atoms with Gasteiger partial charge in [0, 0.05) is 32.3 Å². The van der Waals surface area contributed by atoms with Crippen molar-refractivity contribution in [3.05, 3.63) is 37.1 Å². The van der Waals surface area contributed by atoms with Crippen LogP contribution in [0.1, 0.15) is 300 Å². The van der Waals surface area contributed by atoms with Gasteiger partial charge in [0.2, 0.25) is 0 Å². The Hall–Kier alpha value is -1.79. The maximum atomic E-state index is 10.4. The lowest BCUT2D eigenvalue weighted by Gasteiger charge is -2.48. The molecule has 5 aliphatic rings. The van der Waals surface area contributed by atoms with E-state index >= 15 is 0 Å². The number of piperidine rings is 1. The zero-order valence-corrected chi connectivity index (χ0v) is 63.6. The lowest BCUT2D eigenvalue weighted by atomic mass is 9.83. The standard InChI is InChI=1S/C8H17N.C6H13N.C5H11N.C5H10O.C4H8O2S.6C4H10.2C3H3NO.6C2H6/c1-7(2)9-5-8(3,4)6-9;1-7-5-3-2-4-6-7;1-6-4-2-3-5-6;1-2-4-6-5-3-1;5-7(6)3-1-2-4-7;6*1-4(2)3;2*1-2-4-5-3-1;6*1-2/h7H,5-6H2,1-4H3;2-6H2,1H3;2-5H2,1H3;1-5H2;1-4H2;6*4H,1-3H3;2*1-3H;6*1-2H3. The normalized spacial score (nSPS) is 15.3. The van der Waals surface area contributed by atoms with Gasteiger partial charge < -0.3 is 23.6 Å². The van der Waals surface area contributed by atoms with Gasteiger partial charge >= 0.3 is 0 Å². The first-order chi connectivity index (χ1) is 37.9. The summed E-state index contributed by atoms with van der Waals surface area (Å²) in [6.07, 6.45) is 19.0. The summed E-state index contributed by atoms with van der Waals surface area (Å²) >= 11 is 0. The van der Waals surface area contributed by atoms with Gasteiger partial charge in [0.25, 0.3) is 0 Å². The van der Waals surface area contributed by atoms with Crippen molar-refractivity contribution in [3.63, 3.8) is 0 Å². The molecule has 2 aromatic heterocycles. The maximum Gasteiger partial charge on any atom is 0.150 e. The predicted octanol–water partition coefficient (Wildman–Crippen LogP) is 22.4. The van der Waals surface area contributed by atoms with Crippen LogP contribution in [-0.2, 0) is 14.6 Å². The average Bonchev–Trinajstić information content (AvgIpc) is 4.28. The zero-order valence-electron chi connectivity index (χ0n) is 62.8. The van der Waals surface area contributed by atoms with Gasteiger partial charge in [0.15, 0.2) is 0 Å². The summed E-state index contributed by atoms with van der Waals surface area (Å²) < 4.78 is 34.6. The number of rotatable bonds is 1. The number of hydrogen-bond donors (Lipinski definition) is 0. The van der Waals surface area contributed by atoms with Crippen LogP contribution in [-0.4, -0.2) is 118 Å². The summed E-state index contributed by atoms with van der Waals surface area (Å²) in [7, 11) is 1.82. The molecule has 7 rings (SSSR count). The fraction of sp³-hybridized carbons (Fsp3) is 0.914. The third-order valence-electron chi connectivity index (χ3n) is 7.83. The van der Waals surface area contributed by atoms with Crippen LogP contribution in [0.4, 0.5) is 0 Å². The maximum absolute atomic E-state index is 10.4. The van der Waals surface area contributed by atoms with Gasteiger partial charge in [-0.2, -0.15) is 0 Å². The third kappa shape index (κ3) is 167. The summed E-state index contributed by atoms with van der Waals surface area (Å²) in [5.41, 5.74) is 0.601. The number of nitrogens with zero attached hydrogens (tertiary/aromatic N) is 5. The van der Waals surface area contributed by atoms with E-state index in [4.69, 9.17) is 4.74 Å². The molecule has 5 saturated heterocycles. The number of sulfone groups is 1. The molecule has 0 amide bonds. The smallest absolute Gasteiger partial charge is 0.150 e. The van der Waals surface area contributed by atoms with Crippen LogP contribution in [0.5, 0.6) is 0 Å². The Morgan fingerprint density at radius 2 is 0.630 bits per heavy atom. The molecule has 0 atom stereocenters. The minimum absolute atomic E-state index is 0.424. The van der Waals surface area contributed by atoms with Gasteiger partial charge in [-0.25, -0.2) is 8.42 Å². The van der Waals surface area contributed by atoms with Crippen molar-refractivity contribution in [2.75, 3.05) is 78.1 Å². The molecule has 0 N–H and O–H groups in total. The van der Waals surface area contributed by atoms with Gasteiger partial charge in [-0.1, -0.05) is 238 Å². The van der Waals surface area contributed by atoms with Crippen molar-refractivity contribution < 1.29 is 22.2 Å². The van der Waals surface area contributed by atoms with Crippen molar-refractivity contribution in [1.29, 1.82) is 0 Å². The molecule has 0 bridgehead atoms. The molecule has 0 aliphatic carbocycles. The second-order valence-electron chi connectivity index (χ2n) is 23.8. The number of aromatic nitrogens is 2. The van der Waals surface area contributed by atoms with Crippen LogP contribution in [0.25, 0.3) is 0 Å². The summed E-state index contributed by atoms with van der Waals surface area (Å²) in [4.78, 5) is 7.25. The minimum Gasteiger partial charge on any atom is -0.381 e. The Morgan fingerprint density at radius 1 is 0.395 bits per heavy atom. The minimum atomic E-state index is -2.55. The van der Waals surface area contributed by atoms with Gasteiger partial charge in [-0.05, 0) is 165 Å².